The Balaban J connectivity index is 2.11. The molecular formula is C24H31ClN2O3S. The third kappa shape index (κ3) is 7.78. The molecule has 0 spiro atoms. The van der Waals surface area contributed by atoms with E-state index in [0.717, 1.165) is 23.3 Å². The monoisotopic (exact) mass is 462 g/mol. The van der Waals surface area contributed by atoms with E-state index in [1.54, 1.807) is 18.9 Å². The molecule has 0 bridgehead atoms. The molecule has 2 rings (SSSR count). The van der Waals surface area contributed by atoms with E-state index in [1.165, 1.54) is 11.8 Å². The highest BCUT2D eigenvalue weighted by Crippen LogP contribution is 2.22. The number of hydrogen-bond acceptors (Lipinski definition) is 4. The van der Waals surface area contributed by atoms with Crippen LogP contribution < -0.4 is 10.1 Å². The number of thioether (sulfide) groups is 1. The number of nitrogens with one attached hydrogen (secondary N) is 1. The summed E-state index contributed by atoms with van der Waals surface area (Å²) in [5.41, 5.74) is 1.90. The molecule has 0 aliphatic carbocycles. The van der Waals surface area contributed by atoms with Crippen molar-refractivity contribution >= 4 is 35.2 Å². The van der Waals surface area contributed by atoms with Gasteiger partial charge in [0.25, 0.3) is 0 Å². The van der Waals surface area contributed by atoms with Crippen LogP contribution in [0.15, 0.2) is 48.5 Å². The average Bonchev–Trinajstić information content (AvgIpc) is 2.78. The third-order valence-electron chi connectivity index (χ3n) is 5.10. The van der Waals surface area contributed by atoms with Crippen molar-refractivity contribution in [3.05, 3.63) is 64.7 Å². The Morgan fingerprint density at radius 3 is 2.58 bits per heavy atom. The molecule has 2 aromatic rings. The molecule has 0 fully saturated rings. The standard InChI is InChI=1S/C24H31ClN2O3S/c1-5-17(2)26-24(29)18(3)27(14-19-9-8-11-21(13-19)30-4)23(28)16-31-15-20-10-6-7-12-22(20)25/h6-13,17-18H,5,14-16H2,1-4H3,(H,26,29)/t17-,18-/m1/s1. The SMILES string of the molecule is CC[C@@H](C)NC(=O)[C@@H](C)N(Cc1cccc(OC)c1)C(=O)CSCc1ccccc1Cl. The van der Waals surface area contributed by atoms with E-state index in [1.807, 2.05) is 62.4 Å². The summed E-state index contributed by atoms with van der Waals surface area (Å²) in [5.74, 6) is 1.37. The van der Waals surface area contributed by atoms with Gasteiger partial charge in [0.15, 0.2) is 0 Å². The van der Waals surface area contributed by atoms with Gasteiger partial charge in [0.2, 0.25) is 11.8 Å². The lowest BCUT2D eigenvalue weighted by molar-refractivity contribution is -0.138. The van der Waals surface area contributed by atoms with Gasteiger partial charge in [-0.25, -0.2) is 0 Å². The molecule has 0 radical (unpaired) electrons. The number of hydrogen-bond donors (Lipinski definition) is 1. The Hall–Kier alpha value is -2.18. The molecule has 168 valence electrons. The number of benzene rings is 2. The third-order valence-corrected chi connectivity index (χ3v) is 6.43. The Bertz CT molecular complexity index is 877. The number of amides is 2. The van der Waals surface area contributed by atoms with Crippen molar-refractivity contribution in [1.29, 1.82) is 0 Å². The summed E-state index contributed by atoms with van der Waals surface area (Å²) in [7, 11) is 1.61. The van der Waals surface area contributed by atoms with Gasteiger partial charge in [-0.1, -0.05) is 48.9 Å². The highest BCUT2D eigenvalue weighted by Gasteiger charge is 2.26. The van der Waals surface area contributed by atoms with Crippen LogP contribution in [0.5, 0.6) is 5.75 Å². The summed E-state index contributed by atoms with van der Waals surface area (Å²) in [6.45, 7) is 6.07. The first-order valence-corrected chi connectivity index (χ1v) is 11.9. The normalized spacial score (nSPS) is 12.7. The molecule has 2 atom stereocenters. The summed E-state index contributed by atoms with van der Waals surface area (Å²) < 4.78 is 5.30. The van der Waals surface area contributed by atoms with Crippen molar-refractivity contribution in [3.8, 4) is 5.75 Å². The quantitative estimate of drug-likeness (QED) is 0.515. The second-order valence-corrected chi connectivity index (χ2v) is 8.84. The predicted octanol–water partition coefficient (Wildman–Crippen LogP) is 4.91. The second-order valence-electron chi connectivity index (χ2n) is 7.45. The average molecular weight is 463 g/mol. The van der Waals surface area contributed by atoms with Crippen LogP contribution in [0.3, 0.4) is 0 Å². The van der Waals surface area contributed by atoms with Gasteiger partial charge in [0.1, 0.15) is 11.8 Å². The molecule has 0 heterocycles. The molecule has 2 aromatic carbocycles. The lowest BCUT2D eigenvalue weighted by Crippen LogP contribution is -2.50. The molecule has 0 aliphatic heterocycles. The maximum absolute atomic E-state index is 13.1. The fraction of sp³-hybridized carbons (Fsp3) is 0.417. The van der Waals surface area contributed by atoms with Crippen molar-refractivity contribution in [2.75, 3.05) is 12.9 Å². The number of carbonyl (C=O) groups excluding carboxylic acids is 2. The number of halogens is 1. The zero-order valence-electron chi connectivity index (χ0n) is 18.6. The van der Waals surface area contributed by atoms with E-state index in [2.05, 4.69) is 5.32 Å². The van der Waals surface area contributed by atoms with Gasteiger partial charge in [-0.2, -0.15) is 0 Å². The fourth-order valence-corrected chi connectivity index (χ4v) is 4.16. The number of carbonyl (C=O) groups is 2. The molecule has 0 saturated carbocycles. The van der Waals surface area contributed by atoms with E-state index >= 15 is 0 Å². The van der Waals surface area contributed by atoms with Crippen molar-refractivity contribution in [1.82, 2.24) is 10.2 Å². The predicted molar refractivity (Wildman–Crippen MR) is 129 cm³/mol. The molecule has 7 heteroatoms. The van der Waals surface area contributed by atoms with Crippen molar-refractivity contribution < 1.29 is 14.3 Å². The minimum atomic E-state index is -0.589. The summed E-state index contributed by atoms with van der Waals surface area (Å²) in [5, 5.41) is 3.67. The lowest BCUT2D eigenvalue weighted by atomic mass is 10.1. The smallest absolute Gasteiger partial charge is 0.242 e. The largest absolute Gasteiger partial charge is 0.497 e. The maximum atomic E-state index is 13.1. The van der Waals surface area contributed by atoms with Gasteiger partial charge >= 0.3 is 0 Å². The van der Waals surface area contributed by atoms with Crippen molar-refractivity contribution in [3.63, 3.8) is 0 Å². The molecule has 2 amide bonds. The molecule has 31 heavy (non-hydrogen) atoms. The van der Waals surface area contributed by atoms with E-state index in [-0.39, 0.29) is 23.6 Å². The highest BCUT2D eigenvalue weighted by molar-refractivity contribution is 7.99. The summed E-state index contributed by atoms with van der Waals surface area (Å²) in [6.07, 6.45) is 0.829. The lowest BCUT2D eigenvalue weighted by Gasteiger charge is -2.29. The van der Waals surface area contributed by atoms with Crippen molar-refractivity contribution in [2.24, 2.45) is 0 Å². The first-order chi connectivity index (χ1) is 14.8. The van der Waals surface area contributed by atoms with Crippen LogP contribution in [0.1, 0.15) is 38.3 Å². The second kappa shape index (κ2) is 12.6. The zero-order chi connectivity index (χ0) is 22.8. The zero-order valence-corrected chi connectivity index (χ0v) is 20.1. The van der Waals surface area contributed by atoms with E-state index in [9.17, 15) is 9.59 Å². The fourth-order valence-electron chi connectivity index (χ4n) is 2.96. The van der Waals surface area contributed by atoms with Gasteiger partial charge < -0.3 is 15.0 Å². The first-order valence-electron chi connectivity index (χ1n) is 10.4. The number of ether oxygens (including phenoxy) is 1. The van der Waals surface area contributed by atoms with Crippen LogP contribution in [0, 0.1) is 0 Å². The van der Waals surface area contributed by atoms with Crippen LogP contribution in [0.25, 0.3) is 0 Å². The molecular weight excluding hydrogens is 432 g/mol. The summed E-state index contributed by atoms with van der Waals surface area (Å²) in [6, 6.07) is 14.6. The van der Waals surface area contributed by atoms with Crippen LogP contribution in [-0.4, -0.2) is 41.7 Å². The summed E-state index contributed by atoms with van der Waals surface area (Å²) in [4.78, 5) is 27.5. The topological polar surface area (TPSA) is 58.6 Å². The van der Waals surface area contributed by atoms with Crippen LogP contribution in [0.2, 0.25) is 5.02 Å². The number of methoxy groups -OCH3 is 1. The van der Waals surface area contributed by atoms with Crippen LogP contribution >= 0.6 is 23.4 Å². The Morgan fingerprint density at radius 1 is 1.16 bits per heavy atom. The molecule has 0 saturated heterocycles. The summed E-state index contributed by atoms with van der Waals surface area (Å²) >= 11 is 7.71. The van der Waals surface area contributed by atoms with Crippen LogP contribution in [-0.2, 0) is 21.9 Å². The molecule has 0 aromatic heterocycles. The highest BCUT2D eigenvalue weighted by atomic mass is 35.5. The molecule has 1 N–H and O–H groups in total. The van der Waals surface area contributed by atoms with Crippen LogP contribution in [0.4, 0.5) is 0 Å². The van der Waals surface area contributed by atoms with E-state index in [4.69, 9.17) is 16.3 Å². The first kappa shape index (κ1) is 25.1. The molecule has 0 unspecified atom stereocenters. The Labute approximate surface area is 194 Å². The van der Waals surface area contributed by atoms with Gasteiger partial charge in [-0.05, 0) is 49.6 Å². The maximum Gasteiger partial charge on any atom is 0.242 e. The minimum absolute atomic E-state index is 0.0540. The van der Waals surface area contributed by atoms with Gasteiger partial charge in [0, 0.05) is 23.4 Å². The minimum Gasteiger partial charge on any atom is -0.497 e. The van der Waals surface area contributed by atoms with Gasteiger partial charge in [0.05, 0.1) is 12.9 Å². The molecule has 5 nitrogen and oxygen atoms in total. The Morgan fingerprint density at radius 2 is 1.90 bits per heavy atom. The Kier molecular flexibility index (Phi) is 10.2. The van der Waals surface area contributed by atoms with Gasteiger partial charge in [-0.3, -0.25) is 9.59 Å². The van der Waals surface area contributed by atoms with E-state index < -0.39 is 6.04 Å². The van der Waals surface area contributed by atoms with Gasteiger partial charge in [-0.15, -0.1) is 11.8 Å². The van der Waals surface area contributed by atoms with Crippen molar-refractivity contribution in [2.45, 2.75) is 51.6 Å². The van der Waals surface area contributed by atoms with E-state index in [0.29, 0.717) is 17.3 Å². The molecule has 0 aliphatic rings. The number of nitrogens with zero attached hydrogens (tertiary/aromatic N) is 1. The number of rotatable bonds is 11.